The van der Waals surface area contributed by atoms with Crippen LogP contribution in [-0.4, -0.2) is 52.5 Å². The van der Waals surface area contributed by atoms with Gasteiger partial charge in [0, 0.05) is 26.2 Å². The molecule has 1 aromatic carbocycles. The van der Waals surface area contributed by atoms with Crippen molar-refractivity contribution in [1.82, 2.24) is 10.6 Å². The predicted octanol–water partition coefficient (Wildman–Crippen LogP) is 3.15. The van der Waals surface area contributed by atoms with Gasteiger partial charge in [-0.05, 0) is 50.3 Å². The number of hydrogen-bond donors (Lipinski definition) is 2. The Morgan fingerprint density at radius 3 is 2.59 bits per heavy atom. The van der Waals surface area contributed by atoms with Crippen molar-refractivity contribution in [3.8, 4) is 11.5 Å². The summed E-state index contributed by atoms with van der Waals surface area (Å²) in [6.45, 7) is 5.31. The molecule has 1 aromatic rings. The van der Waals surface area contributed by atoms with Gasteiger partial charge in [-0.2, -0.15) is 0 Å². The second kappa shape index (κ2) is 12.4. The van der Waals surface area contributed by atoms with Crippen LogP contribution in [0.4, 0.5) is 0 Å². The first-order valence-corrected chi connectivity index (χ1v) is 10.1. The monoisotopic (exact) mass is 377 g/mol. The molecular formula is C21H35N3O3. The average molecular weight is 378 g/mol. The summed E-state index contributed by atoms with van der Waals surface area (Å²) >= 11 is 0. The maximum absolute atomic E-state index is 5.89. The fourth-order valence-corrected chi connectivity index (χ4v) is 3.26. The van der Waals surface area contributed by atoms with Crippen LogP contribution < -0.4 is 20.1 Å². The first kappa shape index (κ1) is 21.4. The zero-order chi connectivity index (χ0) is 19.3. The lowest BCUT2D eigenvalue weighted by molar-refractivity contribution is 0.0579. The van der Waals surface area contributed by atoms with E-state index in [1.165, 1.54) is 31.2 Å². The number of ether oxygens (including phenoxy) is 3. The van der Waals surface area contributed by atoms with Gasteiger partial charge in [0.05, 0.1) is 20.3 Å². The molecule has 0 bridgehead atoms. The van der Waals surface area contributed by atoms with E-state index >= 15 is 0 Å². The van der Waals surface area contributed by atoms with Crippen molar-refractivity contribution in [2.75, 3.05) is 40.5 Å². The Bertz CT molecular complexity index is 572. The number of rotatable bonds is 11. The number of benzene rings is 1. The van der Waals surface area contributed by atoms with Gasteiger partial charge in [0.15, 0.2) is 17.5 Å². The van der Waals surface area contributed by atoms with Gasteiger partial charge in [-0.15, -0.1) is 0 Å². The van der Waals surface area contributed by atoms with E-state index in [9.17, 15) is 0 Å². The van der Waals surface area contributed by atoms with Crippen LogP contribution in [0.1, 0.15) is 44.6 Å². The number of methoxy groups -OCH3 is 2. The van der Waals surface area contributed by atoms with Gasteiger partial charge < -0.3 is 24.8 Å². The number of aliphatic imine (C=N–C) groups is 1. The maximum atomic E-state index is 5.89. The van der Waals surface area contributed by atoms with E-state index < -0.39 is 0 Å². The zero-order valence-corrected chi connectivity index (χ0v) is 17.1. The average Bonchev–Trinajstić information content (AvgIpc) is 3.21. The van der Waals surface area contributed by atoms with E-state index in [2.05, 4.69) is 28.6 Å². The first-order chi connectivity index (χ1) is 13.3. The second-order valence-electron chi connectivity index (χ2n) is 6.76. The molecule has 1 aliphatic rings. The summed E-state index contributed by atoms with van der Waals surface area (Å²) in [4.78, 5) is 4.64. The number of nitrogens with one attached hydrogen (secondary N) is 2. The maximum Gasteiger partial charge on any atom is 0.191 e. The van der Waals surface area contributed by atoms with E-state index in [-0.39, 0.29) is 0 Å². The van der Waals surface area contributed by atoms with Crippen molar-refractivity contribution in [3.05, 3.63) is 23.8 Å². The van der Waals surface area contributed by atoms with E-state index in [1.54, 1.807) is 14.2 Å². The summed E-state index contributed by atoms with van der Waals surface area (Å²) in [5, 5.41) is 6.69. The number of nitrogens with zero attached hydrogens (tertiary/aromatic N) is 1. The quantitative estimate of drug-likeness (QED) is 0.352. The molecule has 0 unspecified atom stereocenters. The van der Waals surface area contributed by atoms with Gasteiger partial charge >= 0.3 is 0 Å². The molecule has 6 nitrogen and oxygen atoms in total. The van der Waals surface area contributed by atoms with Crippen molar-refractivity contribution in [1.29, 1.82) is 0 Å². The Labute approximate surface area is 163 Å². The first-order valence-electron chi connectivity index (χ1n) is 10.1. The fourth-order valence-electron chi connectivity index (χ4n) is 3.26. The highest BCUT2D eigenvalue weighted by molar-refractivity contribution is 5.79. The van der Waals surface area contributed by atoms with Crippen LogP contribution in [0.2, 0.25) is 0 Å². The van der Waals surface area contributed by atoms with Gasteiger partial charge in [-0.1, -0.05) is 18.9 Å². The molecule has 0 aromatic heterocycles. The highest BCUT2D eigenvalue weighted by Crippen LogP contribution is 2.27. The molecule has 152 valence electrons. The van der Waals surface area contributed by atoms with E-state index in [0.717, 1.165) is 56.5 Å². The second-order valence-corrected chi connectivity index (χ2v) is 6.76. The van der Waals surface area contributed by atoms with E-state index in [1.807, 2.05) is 12.1 Å². The Balaban J connectivity index is 1.71. The summed E-state index contributed by atoms with van der Waals surface area (Å²) in [7, 11) is 3.31. The zero-order valence-electron chi connectivity index (χ0n) is 17.1. The van der Waals surface area contributed by atoms with Crippen LogP contribution in [0, 0.1) is 0 Å². The summed E-state index contributed by atoms with van der Waals surface area (Å²) in [5.74, 6) is 2.38. The Morgan fingerprint density at radius 1 is 1.11 bits per heavy atom. The Kier molecular flexibility index (Phi) is 9.84. The minimum absolute atomic E-state index is 0.488. The highest BCUT2D eigenvalue weighted by Gasteiger charge is 2.14. The minimum atomic E-state index is 0.488. The van der Waals surface area contributed by atoms with Crippen molar-refractivity contribution in [2.24, 2.45) is 4.99 Å². The Hall–Kier alpha value is -1.95. The van der Waals surface area contributed by atoms with Crippen LogP contribution in [0.3, 0.4) is 0 Å². The largest absolute Gasteiger partial charge is 0.493 e. The molecule has 0 radical (unpaired) electrons. The van der Waals surface area contributed by atoms with Crippen LogP contribution in [0.15, 0.2) is 23.2 Å². The standard InChI is InChI=1S/C21H35N3O3/c1-4-22-21(23-13-7-15-27-18-8-5-6-9-18)24-14-12-17-10-11-19(25-2)20(16-17)26-3/h10-11,16,18H,4-9,12-15H2,1-3H3,(H2,22,23,24). The number of guanidine groups is 1. The number of hydrogen-bond acceptors (Lipinski definition) is 4. The van der Waals surface area contributed by atoms with Crippen LogP contribution >= 0.6 is 0 Å². The molecule has 0 amide bonds. The molecule has 0 atom stereocenters. The van der Waals surface area contributed by atoms with E-state index in [0.29, 0.717) is 6.10 Å². The Morgan fingerprint density at radius 2 is 1.89 bits per heavy atom. The van der Waals surface area contributed by atoms with Crippen LogP contribution in [0.5, 0.6) is 11.5 Å². The molecule has 2 N–H and O–H groups in total. The molecule has 1 saturated carbocycles. The molecule has 0 aliphatic heterocycles. The van der Waals surface area contributed by atoms with Crippen molar-refractivity contribution < 1.29 is 14.2 Å². The summed E-state index contributed by atoms with van der Waals surface area (Å²) < 4.78 is 16.5. The third kappa shape index (κ3) is 7.67. The highest BCUT2D eigenvalue weighted by atomic mass is 16.5. The van der Waals surface area contributed by atoms with Crippen LogP contribution in [-0.2, 0) is 11.2 Å². The molecule has 6 heteroatoms. The normalized spacial score (nSPS) is 15.0. The minimum Gasteiger partial charge on any atom is -0.493 e. The van der Waals surface area contributed by atoms with Crippen molar-refractivity contribution in [2.45, 2.75) is 51.6 Å². The van der Waals surface area contributed by atoms with Crippen LogP contribution in [0.25, 0.3) is 0 Å². The smallest absolute Gasteiger partial charge is 0.191 e. The van der Waals surface area contributed by atoms with E-state index in [4.69, 9.17) is 14.2 Å². The molecule has 0 saturated heterocycles. The molecule has 1 fully saturated rings. The molecule has 0 spiro atoms. The van der Waals surface area contributed by atoms with Gasteiger partial charge in [0.1, 0.15) is 0 Å². The lowest BCUT2D eigenvalue weighted by Crippen LogP contribution is -2.38. The molecule has 1 aliphatic carbocycles. The summed E-state index contributed by atoms with van der Waals surface area (Å²) in [6.07, 6.45) is 7.42. The van der Waals surface area contributed by atoms with Gasteiger partial charge in [-0.3, -0.25) is 4.99 Å². The van der Waals surface area contributed by atoms with Gasteiger partial charge in [-0.25, -0.2) is 0 Å². The van der Waals surface area contributed by atoms with Gasteiger partial charge in [0.2, 0.25) is 0 Å². The summed E-state index contributed by atoms with van der Waals surface area (Å²) in [5.41, 5.74) is 1.20. The van der Waals surface area contributed by atoms with Crippen molar-refractivity contribution >= 4 is 5.96 Å². The molecule has 2 rings (SSSR count). The third-order valence-corrected chi connectivity index (χ3v) is 4.73. The fraction of sp³-hybridized carbons (Fsp3) is 0.667. The predicted molar refractivity (Wildman–Crippen MR) is 110 cm³/mol. The SMILES string of the molecule is CCNC(=NCCCOC1CCCC1)NCCc1ccc(OC)c(OC)c1. The molecule has 27 heavy (non-hydrogen) atoms. The molecular weight excluding hydrogens is 342 g/mol. The van der Waals surface area contributed by atoms with Gasteiger partial charge in [0.25, 0.3) is 0 Å². The summed E-state index contributed by atoms with van der Waals surface area (Å²) in [6, 6.07) is 6.02. The third-order valence-electron chi connectivity index (χ3n) is 4.73. The topological polar surface area (TPSA) is 64.1 Å². The lowest BCUT2D eigenvalue weighted by atomic mass is 10.1. The molecule has 0 heterocycles. The lowest BCUT2D eigenvalue weighted by Gasteiger charge is -2.13. The van der Waals surface area contributed by atoms with Crippen molar-refractivity contribution in [3.63, 3.8) is 0 Å².